The van der Waals surface area contributed by atoms with Gasteiger partial charge in [0.25, 0.3) is 0 Å². The van der Waals surface area contributed by atoms with E-state index in [0.29, 0.717) is 58.3 Å². The molecule has 2 atom stereocenters. The molecule has 4 fully saturated rings. The van der Waals surface area contributed by atoms with Crippen LogP contribution in [0, 0.1) is 0 Å². The Morgan fingerprint density at radius 3 is 1.47 bits per heavy atom. The molecule has 1 N–H and O–H groups in total. The lowest BCUT2D eigenvalue weighted by atomic mass is 10.1. The number of nitrogens with zero attached hydrogens (tertiary/aromatic N) is 2. The van der Waals surface area contributed by atoms with Crippen LogP contribution < -0.4 is 0 Å². The molecule has 0 saturated carbocycles. The summed E-state index contributed by atoms with van der Waals surface area (Å²) in [5.41, 5.74) is -0.885. The Labute approximate surface area is 271 Å². The van der Waals surface area contributed by atoms with Gasteiger partial charge in [0, 0.05) is 26.2 Å². The Hall–Kier alpha value is -1.70. The first-order valence-electron chi connectivity index (χ1n) is 16.6. The van der Waals surface area contributed by atoms with Crippen LogP contribution in [0.3, 0.4) is 0 Å². The molecule has 12 heteroatoms. The van der Waals surface area contributed by atoms with Crippen LogP contribution >= 0.6 is 0 Å². The normalized spacial score (nSPS) is 25.5. The molecule has 4 aliphatic heterocycles. The number of carbonyl (C=O) groups is 2. The third kappa shape index (κ3) is 16.1. The van der Waals surface area contributed by atoms with Gasteiger partial charge in [0.2, 0.25) is 0 Å². The van der Waals surface area contributed by atoms with E-state index in [4.69, 9.17) is 33.2 Å². The molecule has 45 heavy (non-hydrogen) atoms. The van der Waals surface area contributed by atoms with E-state index in [1.165, 1.54) is 0 Å². The maximum Gasteiger partial charge on any atom is 0.410 e. The van der Waals surface area contributed by atoms with Crippen molar-refractivity contribution in [3.05, 3.63) is 0 Å². The van der Waals surface area contributed by atoms with Gasteiger partial charge in [0.1, 0.15) is 17.3 Å². The van der Waals surface area contributed by atoms with Crippen LogP contribution in [0.25, 0.3) is 0 Å². The van der Waals surface area contributed by atoms with Crippen molar-refractivity contribution in [1.82, 2.24) is 9.80 Å². The minimum absolute atomic E-state index is 0.00103. The van der Waals surface area contributed by atoms with Crippen LogP contribution in [0.15, 0.2) is 0 Å². The standard InChI is InChI=1S/C16H29NO5.C10H19NO3.C7H14O2/c1-15(2,3)22-14(18)17-8-6-12(7-9-17)19-10-13-11-20-16(4,5)21-13;1-10(2,3)14-9(13)11-6-4-8(12)5-7-11;1-4-6-5-8-7(2,3)9-6/h12-13H,6-11H2,1-5H3;8,12H,4-7H2,1-3H3;6H,4-5H2,1-3H3/t13-;;6-/m0.0/s1. The highest BCUT2D eigenvalue weighted by molar-refractivity contribution is 5.68. The van der Waals surface area contributed by atoms with Crippen LogP contribution in [0.2, 0.25) is 0 Å². The van der Waals surface area contributed by atoms with Crippen LogP contribution in [0.4, 0.5) is 9.59 Å². The highest BCUT2D eigenvalue weighted by Gasteiger charge is 2.34. The summed E-state index contributed by atoms with van der Waals surface area (Å²) in [7, 11) is 0. The lowest BCUT2D eigenvalue weighted by molar-refractivity contribution is -0.149. The maximum absolute atomic E-state index is 12.0. The predicted octanol–water partition coefficient (Wildman–Crippen LogP) is 5.48. The second-order valence-electron chi connectivity index (χ2n) is 15.0. The Morgan fingerprint density at radius 1 is 0.733 bits per heavy atom. The van der Waals surface area contributed by atoms with Gasteiger partial charge in [0.05, 0.1) is 38.1 Å². The largest absolute Gasteiger partial charge is 0.444 e. The summed E-state index contributed by atoms with van der Waals surface area (Å²) < 4.78 is 38.5. The second kappa shape index (κ2) is 16.9. The lowest BCUT2D eigenvalue weighted by Gasteiger charge is -2.33. The van der Waals surface area contributed by atoms with Crippen molar-refractivity contribution in [2.75, 3.05) is 46.0 Å². The average molecular weight is 647 g/mol. The Bertz CT molecular complexity index is 898. The zero-order chi connectivity index (χ0) is 34.1. The van der Waals surface area contributed by atoms with Gasteiger partial charge in [-0.1, -0.05) is 6.92 Å². The topological polar surface area (TPSA) is 125 Å². The smallest absolute Gasteiger partial charge is 0.410 e. The molecule has 4 aliphatic rings. The summed E-state index contributed by atoms with van der Waals surface area (Å²) in [4.78, 5) is 26.9. The first kappa shape index (κ1) is 39.5. The van der Waals surface area contributed by atoms with Gasteiger partial charge in [-0.2, -0.15) is 0 Å². The van der Waals surface area contributed by atoms with Crippen molar-refractivity contribution >= 4 is 12.2 Å². The van der Waals surface area contributed by atoms with E-state index < -0.39 is 17.0 Å². The van der Waals surface area contributed by atoms with Crippen LogP contribution in [-0.2, 0) is 33.2 Å². The zero-order valence-electron chi connectivity index (χ0n) is 29.8. The third-order valence-electron chi connectivity index (χ3n) is 7.32. The molecule has 0 unspecified atom stereocenters. The fourth-order valence-electron chi connectivity index (χ4n) is 4.96. The summed E-state index contributed by atoms with van der Waals surface area (Å²) in [5, 5.41) is 9.26. The number of carbonyl (C=O) groups excluding carboxylic acids is 2. The van der Waals surface area contributed by atoms with Crippen LogP contribution in [-0.4, -0.2) is 120 Å². The van der Waals surface area contributed by atoms with E-state index in [2.05, 4.69) is 6.92 Å². The van der Waals surface area contributed by atoms with E-state index in [1.54, 1.807) is 9.80 Å². The molecule has 0 aliphatic carbocycles. The molecule has 0 bridgehead atoms. The predicted molar refractivity (Wildman–Crippen MR) is 170 cm³/mol. The molecule has 264 valence electrons. The van der Waals surface area contributed by atoms with Gasteiger partial charge < -0.3 is 48.1 Å². The van der Waals surface area contributed by atoms with E-state index >= 15 is 0 Å². The molecule has 0 aromatic carbocycles. The summed E-state index contributed by atoms with van der Waals surface area (Å²) in [6.45, 7) is 25.4. The van der Waals surface area contributed by atoms with Crippen LogP contribution in [0.5, 0.6) is 0 Å². The minimum atomic E-state index is -0.506. The number of hydrogen-bond acceptors (Lipinski definition) is 10. The molecule has 12 nitrogen and oxygen atoms in total. The van der Waals surface area contributed by atoms with Gasteiger partial charge >= 0.3 is 12.2 Å². The Morgan fingerprint density at radius 2 is 1.13 bits per heavy atom. The first-order valence-corrected chi connectivity index (χ1v) is 16.6. The molecule has 0 aromatic rings. The SMILES string of the molecule is CC(C)(C)OC(=O)N1CCC(O)CC1.CC(C)(C)OC(=O)N1CCC(OC[C@H]2COC(C)(C)O2)CC1.CC[C@H]1COC(C)(C)O1. The lowest BCUT2D eigenvalue weighted by Crippen LogP contribution is -2.43. The van der Waals surface area contributed by atoms with Crippen molar-refractivity contribution in [2.24, 2.45) is 0 Å². The fraction of sp³-hybridized carbons (Fsp3) is 0.939. The number of aliphatic hydroxyl groups is 1. The van der Waals surface area contributed by atoms with Crippen molar-refractivity contribution in [3.63, 3.8) is 0 Å². The van der Waals surface area contributed by atoms with E-state index in [1.807, 2.05) is 69.2 Å². The van der Waals surface area contributed by atoms with E-state index in [-0.39, 0.29) is 36.3 Å². The molecular formula is C33H62N2O10. The van der Waals surface area contributed by atoms with Crippen LogP contribution in [0.1, 0.15) is 108 Å². The second-order valence-corrected chi connectivity index (χ2v) is 15.0. The molecule has 2 amide bonds. The maximum atomic E-state index is 12.0. The highest BCUT2D eigenvalue weighted by Crippen LogP contribution is 2.25. The molecule has 4 saturated heterocycles. The zero-order valence-corrected chi connectivity index (χ0v) is 29.8. The van der Waals surface area contributed by atoms with Crippen molar-refractivity contribution < 1.29 is 47.9 Å². The number of aliphatic hydroxyl groups excluding tert-OH is 1. The van der Waals surface area contributed by atoms with Crippen molar-refractivity contribution in [3.8, 4) is 0 Å². The van der Waals surface area contributed by atoms with Gasteiger partial charge in [-0.05, 0) is 101 Å². The Kier molecular flexibility index (Phi) is 14.8. The number of amides is 2. The van der Waals surface area contributed by atoms with Gasteiger partial charge in [-0.25, -0.2) is 9.59 Å². The molecule has 4 heterocycles. The van der Waals surface area contributed by atoms with E-state index in [0.717, 1.165) is 25.9 Å². The van der Waals surface area contributed by atoms with E-state index in [9.17, 15) is 14.7 Å². The summed E-state index contributed by atoms with van der Waals surface area (Å²) in [6, 6.07) is 0. The fourth-order valence-corrected chi connectivity index (χ4v) is 4.96. The third-order valence-corrected chi connectivity index (χ3v) is 7.32. The summed E-state index contributed by atoms with van der Waals surface area (Å²) in [6.07, 6.45) is 3.73. The Balaban J connectivity index is 0.000000261. The quantitative estimate of drug-likeness (QED) is 0.420. The van der Waals surface area contributed by atoms with Crippen molar-refractivity contribution in [1.29, 1.82) is 0 Å². The minimum Gasteiger partial charge on any atom is -0.444 e. The van der Waals surface area contributed by atoms with Gasteiger partial charge in [0.15, 0.2) is 11.6 Å². The number of ether oxygens (including phenoxy) is 7. The average Bonchev–Trinajstić information content (AvgIpc) is 3.46. The summed E-state index contributed by atoms with van der Waals surface area (Å²) >= 11 is 0. The molecule has 0 spiro atoms. The number of piperidine rings is 2. The highest BCUT2D eigenvalue weighted by atomic mass is 16.8. The van der Waals surface area contributed by atoms with Crippen molar-refractivity contribution in [2.45, 2.75) is 155 Å². The summed E-state index contributed by atoms with van der Waals surface area (Å²) in [5.74, 6) is -0.839. The number of likely N-dealkylation sites (tertiary alicyclic amines) is 2. The molecule has 0 radical (unpaired) electrons. The molecular weight excluding hydrogens is 584 g/mol. The molecule has 4 rings (SSSR count). The molecule has 0 aromatic heterocycles. The number of hydrogen-bond donors (Lipinski definition) is 1. The first-order chi connectivity index (χ1) is 20.7. The number of rotatable bonds is 4. The van der Waals surface area contributed by atoms with Gasteiger partial charge in [-0.15, -0.1) is 0 Å². The monoisotopic (exact) mass is 646 g/mol. The van der Waals surface area contributed by atoms with Gasteiger partial charge in [-0.3, -0.25) is 0 Å².